The summed E-state index contributed by atoms with van der Waals surface area (Å²) < 4.78 is 8.28. The number of amides is 1. The number of aryl methyl sites for hydroxylation is 2. The van der Waals surface area contributed by atoms with Gasteiger partial charge >= 0.3 is 0 Å². The van der Waals surface area contributed by atoms with E-state index in [1.807, 2.05) is 0 Å². The van der Waals surface area contributed by atoms with Gasteiger partial charge < -0.3 is 19.1 Å². The Kier molecular flexibility index (Phi) is 7.14. The Labute approximate surface area is 209 Å². The molecule has 0 unspecified atom stereocenters. The lowest BCUT2D eigenvalue weighted by molar-refractivity contribution is -0.133. The second-order valence-corrected chi connectivity index (χ2v) is 10.7. The summed E-state index contributed by atoms with van der Waals surface area (Å²) in [5.41, 5.74) is 3.96. The Hall–Kier alpha value is -2.79. The first kappa shape index (κ1) is 23.9. The molecule has 0 bridgehead atoms. The van der Waals surface area contributed by atoms with Gasteiger partial charge in [0, 0.05) is 50.3 Å². The van der Waals surface area contributed by atoms with Crippen LogP contribution in [-0.4, -0.2) is 60.1 Å². The molecule has 1 spiro atoms. The van der Waals surface area contributed by atoms with E-state index >= 15 is 0 Å². The number of nitrogens with zero attached hydrogens (tertiary/aromatic N) is 3. The highest BCUT2D eigenvalue weighted by atomic mass is 16.5. The van der Waals surface area contributed by atoms with Gasteiger partial charge in [-0.25, -0.2) is 0 Å². The lowest BCUT2D eigenvalue weighted by Crippen LogP contribution is -2.48. The molecule has 0 atom stereocenters. The van der Waals surface area contributed by atoms with Gasteiger partial charge in [0.2, 0.25) is 5.91 Å². The summed E-state index contributed by atoms with van der Waals surface area (Å²) in [6.07, 6.45) is 9.54. The van der Waals surface area contributed by atoms with E-state index in [2.05, 4.69) is 83.2 Å². The topological polar surface area (TPSA) is 37.7 Å². The minimum Gasteiger partial charge on any atom is -0.492 e. The van der Waals surface area contributed by atoms with E-state index in [1.165, 1.54) is 35.7 Å². The van der Waals surface area contributed by atoms with Crippen LogP contribution in [0.1, 0.15) is 43.2 Å². The van der Waals surface area contributed by atoms with Crippen molar-refractivity contribution in [3.63, 3.8) is 0 Å². The number of likely N-dealkylation sites (N-methyl/N-ethyl adjacent to an activating group) is 1. The van der Waals surface area contributed by atoms with Crippen molar-refractivity contribution in [2.24, 2.45) is 12.5 Å². The Bertz CT molecular complexity index is 1160. The molecule has 1 fully saturated rings. The molecular weight excluding hydrogens is 434 g/mol. The first-order valence-corrected chi connectivity index (χ1v) is 13.2. The smallest absolute Gasteiger partial charge is 0.227 e. The Morgan fingerprint density at radius 1 is 0.943 bits per heavy atom. The van der Waals surface area contributed by atoms with Crippen molar-refractivity contribution in [1.29, 1.82) is 0 Å². The van der Waals surface area contributed by atoms with Gasteiger partial charge in [-0.05, 0) is 67.8 Å². The molecule has 5 heteroatoms. The number of para-hydroxylation sites is 2. The third-order valence-electron chi connectivity index (χ3n) is 8.21. The molecule has 1 saturated heterocycles. The number of carbonyl (C=O) groups is 1. The number of carbonyl (C=O) groups excluding carboxylic acids is 1. The molecule has 3 aromatic rings. The van der Waals surface area contributed by atoms with E-state index in [-0.39, 0.29) is 5.91 Å². The van der Waals surface area contributed by atoms with Crippen LogP contribution >= 0.6 is 0 Å². The van der Waals surface area contributed by atoms with Crippen LogP contribution in [0.4, 0.5) is 0 Å². The lowest BCUT2D eigenvalue weighted by Gasteiger charge is -2.44. The van der Waals surface area contributed by atoms with Gasteiger partial charge in [-0.15, -0.1) is 0 Å². The van der Waals surface area contributed by atoms with Gasteiger partial charge in [0.15, 0.2) is 0 Å². The van der Waals surface area contributed by atoms with Gasteiger partial charge in [-0.3, -0.25) is 4.79 Å². The minimum absolute atomic E-state index is 0.266. The second-order valence-electron chi connectivity index (χ2n) is 10.7. The number of aromatic nitrogens is 1. The van der Waals surface area contributed by atoms with E-state index in [9.17, 15) is 4.79 Å². The summed E-state index contributed by atoms with van der Waals surface area (Å²) in [5, 5.41) is 1.20. The molecule has 35 heavy (non-hydrogen) atoms. The molecule has 1 aromatic heterocycles. The highest BCUT2D eigenvalue weighted by Crippen LogP contribution is 2.38. The Morgan fingerprint density at radius 2 is 1.71 bits per heavy atom. The van der Waals surface area contributed by atoms with Crippen LogP contribution in [0.25, 0.3) is 10.9 Å². The SMILES string of the molecule is CN1CCOc2ccccc2CCCCC2(CCN(C(=O)Cc3cn(C)c4ccccc34)CC2)C1. The van der Waals surface area contributed by atoms with Gasteiger partial charge in [0.25, 0.3) is 0 Å². The van der Waals surface area contributed by atoms with Crippen LogP contribution in [0.3, 0.4) is 0 Å². The standard InChI is InChI=1S/C30H39N3O2/c1-31-19-20-35-28-13-6-3-9-24(28)10-7-8-14-30(23-31)15-17-33(18-16-30)29(34)21-25-22-32(2)27-12-5-4-11-26(25)27/h3-6,9,11-13,22H,7-8,10,14-21,23H2,1-2H3. The summed E-state index contributed by atoms with van der Waals surface area (Å²) in [4.78, 5) is 17.8. The largest absolute Gasteiger partial charge is 0.492 e. The number of piperidine rings is 1. The highest BCUT2D eigenvalue weighted by molar-refractivity contribution is 5.89. The molecule has 0 aliphatic carbocycles. The van der Waals surface area contributed by atoms with Crippen molar-refractivity contribution in [2.75, 3.05) is 39.8 Å². The number of ether oxygens (including phenoxy) is 1. The van der Waals surface area contributed by atoms with Crippen LogP contribution in [0, 0.1) is 5.41 Å². The van der Waals surface area contributed by atoms with Crippen LogP contribution in [-0.2, 0) is 24.7 Å². The highest BCUT2D eigenvalue weighted by Gasteiger charge is 2.36. The second kappa shape index (κ2) is 10.4. The zero-order valence-electron chi connectivity index (χ0n) is 21.3. The van der Waals surface area contributed by atoms with Crippen molar-refractivity contribution in [1.82, 2.24) is 14.4 Å². The van der Waals surface area contributed by atoms with Gasteiger partial charge in [-0.1, -0.05) is 42.8 Å². The zero-order valence-corrected chi connectivity index (χ0v) is 21.3. The number of fused-ring (bicyclic) bond motifs is 2. The number of hydrogen-bond donors (Lipinski definition) is 0. The van der Waals surface area contributed by atoms with Crippen LogP contribution in [0.15, 0.2) is 54.7 Å². The summed E-state index contributed by atoms with van der Waals surface area (Å²) in [7, 11) is 4.28. The molecular formula is C30H39N3O2. The fraction of sp³-hybridized carbons (Fsp3) is 0.500. The molecule has 2 aromatic carbocycles. The first-order chi connectivity index (χ1) is 17.0. The number of benzene rings is 2. The summed E-state index contributed by atoms with van der Waals surface area (Å²) in [5.74, 6) is 1.32. The van der Waals surface area contributed by atoms with Crippen molar-refractivity contribution in [3.05, 3.63) is 65.9 Å². The number of likely N-dealkylation sites (tertiary alicyclic amines) is 1. The minimum atomic E-state index is 0.266. The molecule has 1 amide bonds. The average molecular weight is 474 g/mol. The molecule has 3 heterocycles. The maximum absolute atomic E-state index is 13.3. The molecule has 2 aliphatic rings. The fourth-order valence-corrected chi connectivity index (χ4v) is 6.19. The predicted molar refractivity (Wildman–Crippen MR) is 142 cm³/mol. The fourth-order valence-electron chi connectivity index (χ4n) is 6.19. The monoisotopic (exact) mass is 473 g/mol. The summed E-state index contributed by atoms with van der Waals surface area (Å²) in [6, 6.07) is 16.9. The molecule has 0 saturated carbocycles. The quantitative estimate of drug-likeness (QED) is 0.522. The maximum Gasteiger partial charge on any atom is 0.227 e. The van der Waals surface area contributed by atoms with E-state index < -0.39 is 0 Å². The van der Waals surface area contributed by atoms with Crippen LogP contribution in [0.5, 0.6) is 5.75 Å². The third kappa shape index (κ3) is 5.40. The summed E-state index contributed by atoms with van der Waals surface area (Å²) >= 11 is 0. The molecule has 5 nitrogen and oxygen atoms in total. The van der Waals surface area contributed by atoms with Crippen molar-refractivity contribution in [3.8, 4) is 5.75 Å². The third-order valence-corrected chi connectivity index (χ3v) is 8.21. The Morgan fingerprint density at radius 3 is 2.57 bits per heavy atom. The molecule has 186 valence electrons. The van der Waals surface area contributed by atoms with Crippen molar-refractivity contribution >= 4 is 16.8 Å². The molecule has 0 radical (unpaired) electrons. The van der Waals surface area contributed by atoms with E-state index in [1.54, 1.807) is 0 Å². The van der Waals surface area contributed by atoms with Crippen molar-refractivity contribution < 1.29 is 9.53 Å². The van der Waals surface area contributed by atoms with E-state index in [0.29, 0.717) is 11.8 Å². The predicted octanol–water partition coefficient (Wildman–Crippen LogP) is 5.07. The van der Waals surface area contributed by atoms with Gasteiger partial charge in [0.1, 0.15) is 12.4 Å². The van der Waals surface area contributed by atoms with E-state index in [0.717, 1.165) is 63.4 Å². The Balaban J connectivity index is 1.22. The maximum atomic E-state index is 13.3. The normalized spacial score (nSPS) is 19.5. The summed E-state index contributed by atoms with van der Waals surface area (Å²) in [6.45, 7) is 4.48. The lowest BCUT2D eigenvalue weighted by atomic mass is 9.73. The van der Waals surface area contributed by atoms with E-state index in [4.69, 9.17) is 4.74 Å². The molecule has 0 N–H and O–H groups in total. The van der Waals surface area contributed by atoms with Gasteiger partial charge in [-0.2, -0.15) is 0 Å². The van der Waals surface area contributed by atoms with Crippen molar-refractivity contribution in [2.45, 2.75) is 44.9 Å². The molecule has 5 rings (SSSR count). The average Bonchev–Trinajstić information content (AvgIpc) is 3.17. The van der Waals surface area contributed by atoms with Gasteiger partial charge in [0.05, 0.1) is 6.42 Å². The zero-order chi connectivity index (χ0) is 24.3. The first-order valence-electron chi connectivity index (χ1n) is 13.2. The number of rotatable bonds is 2. The number of hydrogen-bond acceptors (Lipinski definition) is 3. The molecule has 2 aliphatic heterocycles. The van der Waals surface area contributed by atoms with Crippen LogP contribution in [0.2, 0.25) is 0 Å². The van der Waals surface area contributed by atoms with Crippen LogP contribution < -0.4 is 4.74 Å².